The molecule has 1 fully saturated rings. The predicted molar refractivity (Wildman–Crippen MR) is 121 cm³/mol. The predicted octanol–water partition coefficient (Wildman–Crippen LogP) is 3.40. The molecular weight excluding hydrogens is 390 g/mol. The number of aromatic nitrogens is 2. The highest BCUT2D eigenvalue weighted by Crippen LogP contribution is 2.29. The van der Waals surface area contributed by atoms with E-state index in [1.165, 1.54) is 0 Å². The number of carbonyl (C=O) groups excluding carboxylic acids is 1. The SMILES string of the molecule is CN(C)Cc1c(C(=O)N2CCN(c3nncc4ccccc34)CC2)oc2ccccc12. The van der Waals surface area contributed by atoms with E-state index < -0.39 is 0 Å². The minimum absolute atomic E-state index is 0.0447. The average Bonchev–Trinajstić information content (AvgIpc) is 3.16. The number of nitrogens with zero attached hydrogens (tertiary/aromatic N) is 5. The summed E-state index contributed by atoms with van der Waals surface area (Å²) in [7, 11) is 4.00. The van der Waals surface area contributed by atoms with E-state index in [0.29, 0.717) is 38.5 Å². The molecule has 1 aliphatic heterocycles. The van der Waals surface area contributed by atoms with E-state index in [0.717, 1.165) is 33.1 Å². The van der Waals surface area contributed by atoms with Gasteiger partial charge in [-0.1, -0.05) is 42.5 Å². The quantitative estimate of drug-likeness (QED) is 0.509. The van der Waals surface area contributed by atoms with Crippen molar-refractivity contribution in [3.63, 3.8) is 0 Å². The molecular formula is C24H25N5O2. The van der Waals surface area contributed by atoms with Crippen molar-refractivity contribution in [1.29, 1.82) is 0 Å². The summed E-state index contributed by atoms with van der Waals surface area (Å²) in [5.74, 6) is 1.28. The van der Waals surface area contributed by atoms with Gasteiger partial charge in [-0.05, 0) is 20.2 Å². The molecule has 0 radical (unpaired) electrons. The van der Waals surface area contributed by atoms with E-state index in [4.69, 9.17) is 4.42 Å². The molecule has 31 heavy (non-hydrogen) atoms. The number of furan rings is 1. The van der Waals surface area contributed by atoms with Crippen LogP contribution in [-0.2, 0) is 6.54 Å². The summed E-state index contributed by atoms with van der Waals surface area (Å²) in [5, 5.41) is 11.7. The maximum Gasteiger partial charge on any atom is 0.290 e. The molecule has 1 aliphatic rings. The molecule has 1 amide bonds. The number of hydrogen-bond acceptors (Lipinski definition) is 6. The highest BCUT2D eigenvalue weighted by atomic mass is 16.3. The average molecular weight is 415 g/mol. The number of amides is 1. The Balaban J connectivity index is 1.38. The fourth-order valence-corrected chi connectivity index (χ4v) is 4.26. The lowest BCUT2D eigenvalue weighted by Crippen LogP contribution is -2.49. The van der Waals surface area contributed by atoms with Gasteiger partial charge in [0.1, 0.15) is 5.58 Å². The Morgan fingerprint density at radius 1 is 1.00 bits per heavy atom. The van der Waals surface area contributed by atoms with Gasteiger partial charge < -0.3 is 19.1 Å². The number of anilines is 1. The Morgan fingerprint density at radius 2 is 1.71 bits per heavy atom. The Labute approximate surface area is 180 Å². The second-order valence-electron chi connectivity index (χ2n) is 8.18. The van der Waals surface area contributed by atoms with Gasteiger partial charge in [-0.25, -0.2) is 0 Å². The topological polar surface area (TPSA) is 65.7 Å². The summed E-state index contributed by atoms with van der Waals surface area (Å²) in [6.45, 7) is 3.29. The maximum absolute atomic E-state index is 13.4. The normalized spacial score (nSPS) is 14.7. The van der Waals surface area contributed by atoms with Crippen LogP contribution in [0.5, 0.6) is 0 Å². The molecule has 2 aromatic heterocycles. The zero-order valence-corrected chi connectivity index (χ0v) is 17.8. The van der Waals surface area contributed by atoms with Crippen molar-refractivity contribution in [1.82, 2.24) is 20.0 Å². The van der Waals surface area contributed by atoms with Crippen LogP contribution < -0.4 is 4.90 Å². The summed E-state index contributed by atoms with van der Waals surface area (Å²) in [4.78, 5) is 19.5. The van der Waals surface area contributed by atoms with Gasteiger partial charge in [0.25, 0.3) is 5.91 Å². The first-order valence-corrected chi connectivity index (χ1v) is 10.5. The van der Waals surface area contributed by atoms with Crippen LogP contribution in [0.2, 0.25) is 0 Å². The second kappa shape index (κ2) is 8.00. The molecule has 158 valence electrons. The standard InChI is InChI=1S/C24H25N5O2/c1-27(2)16-20-19-9-5-6-10-21(19)31-22(20)24(30)29-13-11-28(12-14-29)23-18-8-4-3-7-17(18)15-25-26-23/h3-10,15H,11-14,16H2,1-2H3. The molecule has 0 N–H and O–H groups in total. The van der Waals surface area contributed by atoms with Crippen LogP contribution in [0.15, 0.2) is 59.1 Å². The molecule has 0 atom stereocenters. The van der Waals surface area contributed by atoms with Crippen molar-refractivity contribution in [2.75, 3.05) is 45.2 Å². The van der Waals surface area contributed by atoms with Crippen LogP contribution in [0.4, 0.5) is 5.82 Å². The van der Waals surface area contributed by atoms with E-state index >= 15 is 0 Å². The molecule has 0 aliphatic carbocycles. The summed E-state index contributed by atoms with van der Waals surface area (Å²) >= 11 is 0. The van der Waals surface area contributed by atoms with Crippen LogP contribution in [0, 0.1) is 0 Å². The summed E-state index contributed by atoms with van der Waals surface area (Å²) < 4.78 is 6.03. The molecule has 0 bridgehead atoms. The zero-order valence-electron chi connectivity index (χ0n) is 17.8. The van der Waals surface area contributed by atoms with Gasteiger partial charge in [0.15, 0.2) is 11.6 Å². The van der Waals surface area contributed by atoms with Crippen LogP contribution in [-0.4, -0.2) is 66.2 Å². The third-order valence-corrected chi connectivity index (χ3v) is 5.78. The van der Waals surface area contributed by atoms with E-state index in [-0.39, 0.29) is 5.91 Å². The van der Waals surface area contributed by atoms with Gasteiger partial charge in [-0.3, -0.25) is 4.79 Å². The fourth-order valence-electron chi connectivity index (χ4n) is 4.26. The molecule has 3 heterocycles. The molecule has 0 saturated carbocycles. The lowest BCUT2D eigenvalue weighted by atomic mass is 10.1. The molecule has 0 spiro atoms. The molecule has 4 aromatic rings. The molecule has 7 nitrogen and oxygen atoms in total. The van der Waals surface area contributed by atoms with Crippen LogP contribution in [0.1, 0.15) is 16.1 Å². The van der Waals surface area contributed by atoms with E-state index in [2.05, 4.69) is 26.1 Å². The van der Waals surface area contributed by atoms with Crippen molar-refractivity contribution in [3.05, 3.63) is 66.1 Å². The van der Waals surface area contributed by atoms with Gasteiger partial charge in [-0.15, -0.1) is 5.10 Å². The zero-order chi connectivity index (χ0) is 21.4. The van der Waals surface area contributed by atoms with Gasteiger partial charge >= 0.3 is 0 Å². The minimum atomic E-state index is -0.0447. The van der Waals surface area contributed by atoms with Crippen molar-refractivity contribution in [2.24, 2.45) is 0 Å². The Kier molecular flexibility index (Phi) is 5.03. The molecule has 1 saturated heterocycles. The minimum Gasteiger partial charge on any atom is -0.451 e. The lowest BCUT2D eigenvalue weighted by Gasteiger charge is -2.35. The summed E-state index contributed by atoms with van der Waals surface area (Å²) in [6, 6.07) is 16.0. The van der Waals surface area contributed by atoms with Crippen molar-refractivity contribution < 1.29 is 9.21 Å². The van der Waals surface area contributed by atoms with Gasteiger partial charge in [0, 0.05) is 54.4 Å². The van der Waals surface area contributed by atoms with Crippen LogP contribution in [0.25, 0.3) is 21.7 Å². The maximum atomic E-state index is 13.4. The Hall–Kier alpha value is -3.45. The Morgan fingerprint density at radius 3 is 2.48 bits per heavy atom. The lowest BCUT2D eigenvalue weighted by molar-refractivity contribution is 0.0714. The van der Waals surface area contributed by atoms with E-state index in [1.807, 2.05) is 61.5 Å². The van der Waals surface area contributed by atoms with Crippen LogP contribution >= 0.6 is 0 Å². The van der Waals surface area contributed by atoms with Gasteiger partial charge in [0.05, 0.1) is 6.20 Å². The number of rotatable bonds is 4. The highest BCUT2D eigenvalue weighted by Gasteiger charge is 2.29. The number of para-hydroxylation sites is 1. The third kappa shape index (κ3) is 3.61. The summed E-state index contributed by atoms with van der Waals surface area (Å²) in [6.07, 6.45) is 1.78. The van der Waals surface area contributed by atoms with Gasteiger partial charge in [0.2, 0.25) is 0 Å². The van der Waals surface area contributed by atoms with Crippen LogP contribution in [0.3, 0.4) is 0 Å². The molecule has 2 aromatic carbocycles. The second-order valence-corrected chi connectivity index (χ2v) is 8.18. The first kappa shape index (κ1) is 19.5. The number of carbonyl (C=O) groups is 1. The number of benzene rings is 2. The van der Waals surface area contributed by atoms with E-state index in [1.54, 1.807) is 6.20 Å². The van der Waals surface area contributed by atoms with Crippen molar-refractivity contribution >= 4 is 33.5 Å². The number of piperazine rings is 1. The molecule has 5 rings (SSSR count). The number of hydrogen-bond donors (Lipinski definition) is 0. The molecule has 7 heteroatoms. The van der Waals surface area contributed by atoms with E-state index in [9.17, 15) is 4.79 Å². The number of fused-ring (bicyclic) bond motifs is 2. The first-order valence-electron chi connectivity index (χ1n) is 10.5. The van der Waals surface area contributed by atoms with Crippen molar-refractivity contribution in [3.8, 4) is 0 Å². The Bertz CT molecular complexity index is 1240. The largest absolute Gasteiger partial charge is 0.451 e. The summed E-state index contributed by atoms with van der Waals surface area (Å²) in [5.41, 5.74) is 1.71. The molecule has 0 unspecified atom stereocenters. The van der Waals surface area contributed by atoms with Crippen molar-refractivity contribution in [2.45, 2.75) is 6.54 Å². The monoisotopic (exact) mass is 415 g/mol. The first-order chi connectivity index (χ1) is 15.1. The smallest absolute Gasteiger partial charge is 0.290 e. The highest BCUT2D eigenvalue weighted by molar-refractivity contribution is 5.99. The fraction of sp³-hybridized carbons (Fsp3) is 0.292. The third-order valence-electron chi connectivity index (χ3n) is 5.78. The van der Waals surface area contributed by atoms with Gasteiger partial charge in [-0.2, -0.15) is 5.10 Å².